The second-order valence-corrected chi connectivity index (χ2v) is 5.84. The van der Waals surface area contributed by atoms with E-state index in [-0.39, 0.29) is 5.91 Å². The van der Waals surface area contributed by atoms with Crippen LogP contribution in [0.2, 0.25) is 0 Å². The van der Waals surface area contributed by atoms with Crippen LogP contribution in [0.5, 0.6) is 0 Å². The lowest BCUT2D eigenvalue weighted by atomic mass is 10.0. The molecule has 2 aromatic carbocycles. The highest BCUT2D eigenvalue weighted by Gasteiger charge is 2.25. The van der Waals surface area contributed by atoms with Crippen LogP contribution in [0, 0.1) is 11.8 Å². The molecule has 0 aliphatic heterocycles. The summed E-state index contributed by atoms with van der Waals surface area (Å²) in [4.78, 5) is 24.1. The fraction of sp³-hybridized carbons (Fsp3) is 0.273. The molecule has 0 aliphatic rings. The molecule has 0 saturated carbocycles. The fourth-order valence-corrected chi connectivity index (χ4v) is 2.42. The van der Waals surface area contributed by atoms with Crippen LogP contribution in [-0.2, 0) is 14.3 Å². The lowest BCUT2D eigenvalue weighted by Gasteiger charge is -2.21. The molecule has 0 aromatic heterocycles. The van der Waals surface area contributed by atoms with E-state index in [0.717, 1.165) is 17.5 Å². The minimum absolute atomic E-state index is 0.325. The lowest BCUT2D eigenvalue weighted by Crippen LogP contribution is -2.40. The van der Waals surface area contributed by atoms with Crippen LogP contribution in [0.4, 0.5) is 0 Å². The molecular formula is C22H23NO3. The van der Waals surface area contributed by atoms with Gasteiger partial charge in [0.15, 0.2) is 12.1 Å². The molecule has 0 aliphatic carbocycles. The van der Waals surface area contributed by atoms with E-state index in [4.69, 9.17) is 4.74 Å². The van der Waals surface area contributed by atoms with Gasteiger partial charge in [0.2, 0.25) is 5.91 Å². The third-order valence-corrected chi connectivity index (χ3v) is 3.64. The summed E-state index contributed by atoms with van der Waals surface area (Å²) in [6, 6.07) is 18.0. The van der Waals surface area contributed by atoms with Gasteiger partial charge in [0.05, 0.1) is 0 Å². The summed E-state index contributed by atoms with van der Waals surface area (Å²) < 4.78 is 5.76. The Morgan fingerprint density at radius 2 is 1.54 bits per heavy atom. The van der Waals surface area contributed by atoms with E-state index in [2.05, 4.69) is 17.2 Å². The van der Waals surface area contributed by atoms with Gasteiger partial charge in [-0.2, -0.15) is 0 Å². The number of carbonyl (C=O) groups excluding carboxylic acids is 2. The van der Waals surface area contributed by atoms with Gasteiger partial charge in [-0.3, -0.25) is 4.79 Å². The SMILES string of the molecule is CCCC#CC(NC(C)=O)C(=O)OC(c1ccccc1)c1ccccc1. The molecule has 4 heteroatoms. The van der Waals surface area contributed by atoms with Gasteiger partial charge < -0.3 is 10.1 Å². The largest absolute Gasteiger partial charge is 0.450 e. The Labute approximate surface area is 154 Å². The first-order valence-electron chi connectivity index (χ1n) is 8.67. The highest BCUT2D eigenvalue weighted by molar-refractivity contribution is 5.86. The first-order valence-corrected chi connectivity index (χ1v) is 8.67. The van der Waals surface area contributed by atoms with Crippen LogP contribution >= 0.6 is 0 Å². The van der Waals surface area contributed by atoms with Gasteiger partial charge >= 0.3 is 5.97 Å². The van der Waals surface area contributed by atoms with Gasteiger partial charge in [0.25, 0.3) is 0 Å². The number of rotatable bonds is 6. The van der Waals surface area contributed by atoms with Crippen molar-refractivity contribution in [1.82, 2.24) is 5.32 Å². The van der Waals surface area contributed by atoms with Gasteiger partial charge in [-0.05, 0) is 17.5 Å². The molecule has 0 saturated heterocycles. The molecule has 1 amide bonds. The van der Waals surface area contributed by atoms with Crippen LogP contribution in [-0.4, -0.2) is 17.9 Å². The number of esters is 1. The molecule has 134 valence electrons. The Morgan fingerprint density at radius 1 is 1.00 bits per heavy atom. The number of carbonyl (C=O) groups is 2. The monoisotopic (exact) mass is 349 g/mol. The van der Waals surface area contributed by atoms with Crippen molar-refractivity contribution in [2.75, 3.05) is 0 Å². The summed E-state index contributed by atoms with van der Waals surface area (Å²) in [5, 5.41) is 2.56. The molecule has 1 unspecified atom stereocenters. The van der Waals surface area contributed by atoms with Crippen molar-refractivity contribution in [1.29, 1.82) is 0 Å². The van der Waals surface area contributed by atoms with E-state index >= 15 is 0 Å². The number of hydrogen-bond donors (Lipinski definition) is 1. The zero-order valence-corrected chi connectivity index (χ0v) is 15.1. The molecule has 0 radical (unpaired) electrons. The van der Waals surface area contributed by atoms with E-state index in [1.165, 1.54) is 6.92 Å². The van der Waals surface area contributed by atoms with Crippen molar-refractivity contribution in [2.24, 2.45) is 0 Å². The number of amides is 1. The van der Waals surface area contributed by atoms with Gasteiger partial charge in [-0.15, -0.1) is 5.92 Å². The molecule has 26 heavy (non-hydrogen) atoms. The van der Waals surface area contributed by atoms with Gasteiger partial charge in [0, 0.05) is 13.3 Å². The normalized spacial score (nSPS) is 11.2. The van der Waals surface area contributed by atoms with Crippen molar-refractivity contribution in [3.63, 3.8) is 0 Å². The molecule has 1 atom stereocenters. The van der Waals surface area contributed by atoms with E-state index in [1.807, 2.05) is 67.6 Å². The lowest BCUT2D eigenvalue weighted by molar-refractivity contribution is -0.149. The minimum Gasteiger partial charge on any atom is -0.450 e. The van der Waals surface area contributed by atoms with Crippen LogP contribution in [0.3, 0.4) is 0 Å². The first-order chi connectivity index (χ1) is 12.6. The van der Waals surface area contributed by atoms with Crippen LogP contribution in [0.1, 0.15) is 43.9 Å². The molecule has 4 nitrogen and oxygen atoms in total. The van der Waals surface area contributed by atoms with E-state index in [9.17, 15) is 9.59 Å². The van der Waals surface area contributed by atoms with Crippen LogP contribution < -0.4 is 5.32 Å². The van der Waals surface area contributed by atoms with Crippen molar-refractivity contribution in [3.05, 3.63) is 71.8 Å². The summed E-state index contributed by atoms with van der Waals surface area (Å²) in [5.41, 5.74) is 1.71. The Hall–Kier alpha value is -3.06. The number of ether oxygens (including phenoxy) is 1. The first kappa shape index (κ1) is 19.3. The van der Waals surface area contributed by atoms with Crippen molar-refractivity contribution < 1.29 is 14.3 Å². The van der Waals surface area contributed by atoms with Crippen molar-refractivity contribution in [2.45, 2.75) is 38.8 Å². The Balaban J connectivity index is 2.27. The Bertz CT molecular complexity index is 736. The van der Waals surface area contributed by atoms with Gasteiger partial charge in [-0.1, -0.05) is 73.5 Å². The molecule has 0 heterocycles. The maximum Gasteiger partial charge on any atom is 0.342 e. The third kappa shape index (κ3) is 5.78. The van der Waals surface area contributed by atoms with E-state index in [1.54, 1.807) is 0 Å². The van der Waals surface area contributed by atoms with Crippen molar-refractivity contribution in [3.8, 4) is 11.8 Å². The zero-order valence-electron chi connectivity index (χ0n) is 15.1. The number of hydrogen-bond acceptors (Lipinski definition) is 3. The maximum absolute atomic E-state index is 12.7. The van der Waals surface area contributed by atoms with Gasteiger partial charge in [-0.25, -0.2) is 4.79 Å². The van der Waals surface area contributed by atoms with Crippen molar-refractivity contribution >= 4 is 11.9 Å². The standard InChI is InChI=1S/C22H23NO3/c1-3-4-7-16-20(23-17(2)24)22(25)26-21(18-12-8-5-9-13-18)19-14-10-6-11-15-19/h5-6,8-15,20-21H,3-4H2,1-2H3,(H,23,24). The van der Waals surface area contributed by atoms with Gasteiger partial charge in [0.1, 0.15) is 0 Å². The van der Waals surface area contributed by atoms with Crippen LogP contribution in [0.25, 0.3) is 0 Å². The molecule has 1 N–H and O–H groups in total. The highest BCUT2D eigenvalue weighted by Crippen LogP contribution is 2.26. The van der Waals surface area contributed by atoms with E-state index in [0.29, 0.717) is 6.42 Å². The predicted molar refractivity (Wildman–Crippen MR) is 101 cm³/mol. The predicted octanol–water partition coefficient (Wildman–Crippen LogP) is 3.63. The molecule has 2 aromatic rings. The second-order valence-electron chi connectivity index (χ2n) is 5.84. The smallest absolute Gasteiger partial charge is 0.342 e. The van der Waals surface area contributed by atoms with Crippen LogP contribution in [0.15, 0.2) is 60.7 Å². The summed E-state index contributed by atoms with van der Waals surface area (Å²) in [6.07, 6.45) is 0.976. The maximum atomic E-state index is 12.7. The molecule has 0 bridgehead atoms. The molecule has 0 fully saturated rings. The average molecular weight is 349 g/mol. The average Bonchev–Trinajstić information content (AvgIpc) is 2.66. The quantitative estimate of drug-likeness (QED) is 0.640. The van der Waals surface area contributed by atoms with E-state index < -0.39 is 18.1 Å². The number of unbranched alkanes of at least 4 members (excludes halogenated alkanes) is 1. The Morgan fingerprint density at radius 3 is 2.00 bits per heavy atom. The second kappa shape index (κ2) is 10.0. The summed E-state index contributed by atoms with van der Waals surface area (Å²) in [7, 11) is 0. The zero-order chi connectivity index (χ0) is 18.8. The summed E-state index contributed by atoms with van der Waals surface area (Å²) >= 11 is 0. The summed E-state index contributed by atoms with van der Waals surface area (Å²) in [5.74, 6) is 4.82. The minimum atomic E-state index is -0.978. The Kier molecular flexibility index (Phi) is 7.45. The third-order valence-electron chi connectivity index (χ3n) is 3.64. The highest BCUT2D eigenvalue weighted by atomic mass is 16.5. The topological polar surface area (TPSA) is 55.4 Å². The number of benzene rings is 2. The fourth-order valence-electron chi connectivity index (χ4n) is 2.42. The molecule has 0 spiro atoms. The molecular weight excluding hydrogens is 326 g/mol. The summed E-state index contributed by atoms with van der Waals surface area (Å²) in [6.45, 7) is 3.36. The molecule has 2 rings (SSSR count). The number of nitrogens with one attached hydrogen (secondary N) is 1.